The molecular weight excluding hydrogens is 905 g/mol. The van der Waals surface area contributed by atoms with Crippen LogP contribution >= 0.6 is 0 Å². The van der Waals surface area contributed by atoms with Crippen molar-refractivity contribution in [2.24, 2.45) is 0 Å². The molecule has 0 radical (unpaired) electrons. The lowest BCUT2D eigenvalue weighted by Crippen LogP contribution is -2.37. The van der Waals surface area contributed by atoms with Crippen LogP contribution in [0.1, 0.15) is 22.3 Å². The van der Waals surface area contributed by atoms with Crippen molar-refractivity contribution in [3.05, 3.63) is 203 Å². The standard InChI is InChI=1S/C62H56F4N2Si2/c1-37-11-13-39(3)51(31-37)53-33-43(63)35-55(65)61(53)67(45-19-23-47(24-20-45)69(5,6)7)57-29-17-41-16-28-50-58(30-18-42-15-27-49(57)59(41)60(42)50)68(46-21-25-48(26-22-46)70(8,9)10)62-54(34-44(64)36-56(62)66)52-32-38(2)12-14-40(52)4/h11-36H,1-10H3. The molecule has 0 saturated heterocycles. The summed E-state index contributed by atoms with van der Waals surface area (Å²) in [6.45, 7) is 21.7. The van der Waals surface area contributed by atoms with Gasteiger partial charge < -0.3 is 9.80 Å². The van der Waals surface area contributed by atoms with Crippen LogP contribution in [-0.4, -0.2) is 16.1 Å². The molecule has 2 nitrogen and oxygen atoms in total. The predicted octanol–water partition coefficient (Wildman–Crippen LogP) is 17.7. The van der Waals surface area contributed by atoms with E-state index in [0.29, 0.717) is 22.5 Å². The van der Waals surface area contributed by atoms with Crippen molar-refractivity contribution in [2.45, 2.75) is 67.0 Å². The van der Waals surface area contributed by atoms with E-state index in [1.165, 1.54) is 22.5 Å². The first kappa shape index (κ1) is 46.7. The minimum Gasteiger partial charge on any atom is -0.307 e. The predicted molar refractivity (Wildman–Crippen MR) is 295 cm³/mol. The second kappa shape index (κ2) is 17.4. The van der Waals surface area contributed by atoms with Gasteiger partial charge in [0.2, 0.25) is 0 Å². The van der Waals surface area contributed by atoms with Gasteiger partial charge in [-0.05, 0) is 120 Å². The Morgan fingerprint density at radius 1 is 0.357 bits per heavy atom. The van der Waals surface area contributed by atoms with Gasteiger partial charge in [0.05, 0.1) is 38.9 Å². The van der Waals surface area contributed by atoms with E-state index >= 15 is 17.6 Å². The van der Waals surface area contributed by atoms with E-state index < -0.39 is 39.4 Å². The molecule has 10 aromatic rings. The number of hydrogen-bond acceptors (Lipinski definition) is 2. The lowest BCUT2D eigenvalue weighted by Gasteiger charge is -2.32. The maximum Gasteiger partial charge on any atom is 0.150 e. The zero-order valence-electron chi connectivity index (χ0n) is 41.4. The fraction of sp³-hybridized carbons (Fsp3) is 0.161. The highest BCUT2D eigenvalue weighted by Crippen LogP contribution is 2.51. The summed E-state index contributed by atoms with van der Waals surface area (Å²) < 4.78 is 65.7. The fourth-order valence-electron chi connectivity index (χ4n) is 10.2. The van der Waals surface area contributed by atoms with Gasteiger partial charge in [-0.2, -0.15) is 0 Å². The highest BCUT2D eigenvalue weighted by Gasteiger charge is 2.30. The Balaban J connectivity index is 1.28. The van der Waals surface area contributed by atoms with Gasteiger partial charge in [-0.1, -0.05) is 158 Å². The Morgan fingerprint density at radius 3 is 1.07 bits per heavy atom. The molecule has 0 N–H and O–H groups in total. The summed E-state index contributed by atoms with van der Waals surface area (Å²) in [4.78, 5) is 3.90. The summed E-state index contributed by atoms with van der Waals surface area (Å²) in [5, 5.41) is 8.03. The van der Waals surface area contributed by atoms with Crippen LogP contribution in [0.4, 0.5) is 51.7 Å². The average molecular weight is 961 g/mol. The molecule has 0 atom stereocenters. The van der Waals surface area contributed by atoms with Gasteiger partial charge in [-0.15, -0.1) is 0 Å². The number of anilines is 6. The van der Waals surface area contributed by atoms with E-state index in [1.807, 2.05) is 86.0 Å². The molecular formula is C62H56F4N2Si2. The van der Waals surface area contributed by atoms with E-state index in [9.17, 15) is 0 Å². The second-order valence-corrected chi connectivity index (χ2v) is 31.2. The molecule has 0 bridgehead atoms. The van der Waals surface area contributed by atoms with E-state index in [4.69, 9.17) is 0 Å². The summed E-state index contributed by atoms with van der Waals surface area (Å²) in [6.07, 6.45) is 0. The molecule has 0 aliphatic carbocycles. The Morgan fingerprint density at radius 2 is 0.714 bits per heavy atom. The van der Waals surface area contributed by atoms with Crippen molar-refractivity contribution in [1.29, 1.82) is 0 Å². The molecule has 10 rings (SSSR count). The minimum absolute atomic E-state index is 0.241. The highest BCUT2D eigenvalue weighted by atomic mass is 28.3. The van der Waals surface area contributed by atoms with E-state index in [1.54, 1.807) is 0 Å². The second-order valence-electron chi connectivity index (χ2n) is 21.1. The molecule has 10 aromatic carbocycles. The van der Waals surface area contributed by atoms with Gasteiger partial charge in [-0.25, -0.2) is 17.6 Å². The Bertz CT molecular complexity index is 3420. The van der Waals surface area contributed by atoms with Crippen LogP contribution in [0.15, 0.2) is 158 Å². The molecule has 0 heterocycles. The normalized spacial score (nSPS) is 12.1. The lowest BCUT2D eigenvalue weighted by atomic mass is 9.90. The summed E-state index contributed by atoms with van der Waals surface area (Å²) in [7, 11) is -3.46. The number of halogens is 4. The third-order valence-corrected chi connectivity index (χ3v) is 18.1. The summed E-state index contributed by atoms with van der Waals surface area (Å²) in [5.41, 5.74) is 9.48. The summed E-state index contributed by atoms with van der Waals surface area (Å²) >= 11 is 0. The molecule has 8 heteroatoms. The molecule has 70 heavy (non-hydrogen) atoms. The van der Waals surface area contributed by atoms with Crippen LogP contribution in [-0.2, 0) is 0 Å². The monoisotopic (exact) mass is 960 g/mol. The molecule has 0 aliphatic rings. The number of rotatable bonds is 10. The molecule has 0 fully saturated rings. The number of aryl methyl sites for hydroxylation is 4. The molecule has 0 aliphatic heterocycles. The van der Waals surface area contributed by atoms with Gasteiger partial charge in [0.15, 0.2) is 11.6 Å². The maximum atomic E-state index is 17.2. The first-order valence-corrected chi connectivity index (χ1v) is 30.9. The van der Waals surface area contributed by atoms with Crippen LogP contribution in [0.25, 0.3) is 54.6 Å². The van der Waals surface area contributed by atoms with E-state index in [2.05, 4.69) is 124 Å². The van der Waals surface area contributed by atoms with Gasteiger partial charge in [-0.3, -0.25) is 0 Å². The third-order valence-electron chi connectivity index (χ3n) is 14.0. The van der Waals surface area contributed by atoms with Gasteiger partial charge in [0.1, 0.15) is 11.6 Å². The third kappa shape index (κ3) is 8.26. The van der Waals surface area contributed by atoms with Crippen LogP contribution in [0.2, 0.25) is 39.3 Å². The Hall–Kier alpha value is -7.01. The van der Waals surface area contributed by atoms with Gasteiger partial charge >= 0.3 is 0 Å². The lowest BCUT2D eigenvalue weighted by molar-refractivity contribution is 0.584. The van der Waals surface area contributed by atoms with Crippen molar-refractivity contribution in [3.8, 4) is 22.3 Å². The first-order chi connectivity index (χ1) is 33.3. The Kier molecular flexibility index (Phi) is 11.6. The molecule has 350 valence electrons. The average Bonchev–Trinajstić information content (AvgIpc) is 3.31. The smallest absolute Gasteiger partial charge is 0.150 e. The van der Waals surface area contributed by atoms with Crippen molar-refractivity contribution < 1.29 is 17.6 Å². The summed E-state index contributed by atoms with van der Waals surface area (Å²) in [6, 6.07) is 50.1. The quantitative estimate of drug-likeness (QED) is 0.0766. The van der Waals surface area contributed by atoms with E-state index in [0.717, 1.165) is 89.2 Å². The molecule has 0 saturated carbocycles. The molecule has 0 unspecified atom stereocenters. The molecule has 0 aromatic heterocycles. The van der Waals surface area contributed by atoms with Crippen LogP contribution in [0, 0.1) is 51.0 Å². The number of hydrogen-bond donors (Lipinski definition) is 0. The zero-order chi connectivity index (χ0) is 49.6. The fourth-order valence-corrected chi connectivity index (χ4v) is 12.5. The van der Waals surface area contributed by atoms with Crippen molar-refractivity contribution in [1.82, 2.24) is 0 Å². The Labute approximate surface area is 410 Å². The van der Waals surface area contributed by atoms with E-state index in [-0.39, 0.29) is 11.4 Å². The highest BCUT2D eigenvalue weighted by molar-refractivity contribution is 6.89. The van der Waals surface area contributed by atoms with Crippen LogP contribution in [0.5, 0.6) is 0 Å². The molecule has 0 amide bonds. The van der Waals surface area contributed by atoms with Gasteiger partial charge in [0, 0.05) is 45.4 Å². The maximum absolute atomic E-state index is 17.2. The van der Waals surface area contributed by atoms with Crippen molar-refractivity contribution in [3.63, 3.8) is 0 Å². The SMILES string of the molecule is Cc1ccc(C)c(-c2cc(F)cc(F)c2N(c2ccc([Si](C)(C)C)cc2)c2ccc3ccc4c(N(c5ccc([Si](C)(C)C)cc5)c5c(F)cc(F)cc5-c5cc(C)ccc5C)ccc5ccc2c3c54)c1. The van der Waals surface area contributed by atoms with Crippen molar-refractivity contribution >= 4 is 93.0 Å². The van der Waals surface area contributed by atoms with Crippen LogP contribution < -0.4 is 20.2 Å². The van der Waals surface area contributed by atoms with Crippen LogP contribution in [0.3, 0.4) is 0 Å². The van der Waals surface area contributed by atoms with Gasteiger partial charge in [0.25, 0.3) is 0 Å². The number of benzene rings is 10. The topological polar surface area (TPSA) is 6.48 Å². The zero-order valence-corrected chi connectivity index (χ0v) is 43.4. The number of nitrogens with zero attached hydrogens (tertiary/aromatic N) is 2. The minimum atomic E-state index is -1.73. The van der Waals surface area contributed by atoms with Crippen molar-refractivity contribution in [2.75, 3.05) is 9.80 Å². The first-order valence-electron chi connectivity index (χ1n) is 23.9. The summed E-state index contributed by atoms with van der Waals surface area (Å²) in [5.74, 6) is -2.69. The largest absolute Gasteiger partial charge is 0.307 e. The molecule has 0 spiro atoms.